The van der Waals surface area contributed by atoms with E-state index in [-0.39, 0.29) is 0 Å². The molecule has 0 N–H and O–H groups in total. The van der Waals surface area contributed by atoms with Crippen molar-refractivity contribution < 1.29 is 0 Å². The summed E-state index contributed by atoms with van der Waals surface area (Å²) >= 11 is 0. The molecule has 0 aliphatic heterocycles. The van der Waals surface area contributed by atoms with Gasteiger partial charge in [0.25, 0.3) is 0 Å². The molecular weight excluding hydrogens is 384 g/mol. The van der Waals surface area contributed by atoms with E-state index >= 15 is 0 Å². The molecule has 4 atom stereocenters. The average Bonchev–Trinajstić information content (AvgIpc) is 2.82. The third-order valence-electron chi connectivity index (χ3n) is 7.44. The van der Waals surface area contributed by atoms with Gasteiger partial charge >= 0.3 is 0 Å². The van der Waals surface area contributed by atoms with Gasteiger partial charge in [-0.3, -0.25) is 0 Å². The summed E-state index contributed by atoms with van der Waals surface area (Å²) in [4.78, 5) is 0. The van der Waals surface area contributed by atoms with Crippen LogP contribution in [0.2, 0.25) is 0 Å². The molecule has 0 fully saturated rings. The van der Waals surface area contributed by atoms with Crippen molar-refractivity contribution in [3.05, 3.63) is 71.8 Å². The van der Waals surface area contributed by atoms with Gasteiger partial charge in [-0.1, -0.05) is 140 Å². The summed E-state index contributed by atoms with van der Waals surface area (Å²) in [6, 6.07) is 22.4. The molecule has 2 rings (SSSR count). The molecular formula is C32H50. The maximum atomic E-state index is 2.47. The first kappa shape index (κ1) is 26.7. The highest BCUT2D eigenvalue weighted by atomic mass is 14.2. The molecule has 0 aliphatic rings. The number of rotatable bonds is 17. The van der Waals surface area contributed by atoms with Crippen LogP contribution in [-0.2, 0) is 0 Å². The molecule has 4 unspecified atom stereocenters. The molecule has 32 heavy (non-hydrogen) atoms. The second-order valence-electron chi connectivity index (χ2n) is 10.4. The summed E-state index contributed by atoms with van der Waals surface area (Å²) in [7, 11) is 0. The van der Waals surface area contributed by atoms with Crippen LogP contribution in [0.1, 0.15) is 128 Å². The van der Waals surface area contributed by atoms with E-state index in [9.17, 15) is 0 Å². The number of hydrogen-bond donors (Lipinski definition) is 0. The van der Waals surface area contributed by atoms with Gasteiger partial charge in [-0.15, -0.1) is 0 Å². The summed E-state index contributed by atoms with van der Waals surface area (Å²) < 4.78 is 0. The van der Waals surface area contributed by atoms with Crippen molar-refractivity contribution >= 4 is 0 Å². The SMILES string of the molecule is CCCC(C)CC(CCCCCCCC(C)CC(CC)c1ccccc1)c1ccccc1. The van der Waals surface area contributed by atoms with E-state index in [1.807, 2.05) is 0 Å². The van der Waals surface area contributed by atoms with Crippen molar-refractivity contribution in [2.24, 2.45) is 11.8 Å². The van der Waals surface area contributed by atoms with E-state index in [0.29, 0.717) is 0 Å². The van der Waals surface area contributed by atoms with Crippen LogP contribution in [0, 0.1) is 11.8 Å². The highest BCUT2D eigenvalue weighted by Crippen LogP contribution is 2.32. The van der Waals surface area contributed by atoms with Gasteiger partial charge in [0.15, 0.2) is 0 Å². The van der Waals surface area contributed by atoms with E-state index in [0.717, 1.165) is 23.7 Å². The van der Waals surface area contributed by atoms with Crippen molar-refractivity contribution in [1.82, 2.24) is 0 Å². The maximum absolute atomic E-state index is 2.47. The largest absolute Gasteiger partial charge is 0.0654 e. The fourth-order valence-electron chi connectivity index (χ4n) is 5.52. The standard InChI is InChI=1S/C32H50/c1-5-18-27(3)26-32(31-22-16-11-17-23-31)24-13-9-7-8-12-19-28(4)25-29(6-2)30-20-14-10-15-21-30/h10-11,14-17,20-23,27-29,32H,5-9,12-13,18-19,24-26H2,1-4H3. The molecule has 0 bridgehead atoms. The van der Waals surface area contributed by atoms with E-state index in [1.54, 1.807) is 5.56 Å². The Morgan fingerprint density at radius 2 is 1.00 bits per heavy atom. The molecule has 0 spiro atoms. The molecule has 0 amide bonds. The summed E-state index contributed by atoms with van der Waals surface area (Å²) in [5, 5.41) is 0. The average molecular weight is 435 g/mol. The monoisotopic (exact) mass is 434 g/mol. The molecule has 178 valence electrons. The first-order valence-corrected chi connectivity index (χ1v) is 13.7. The molecule has 0 heterocycles. The first-order valence-electron chi connectivity index (χ1n) is 13.7. The number of hydrogen-bond acceptors (Lipinski definition) is 0. The quantitative estimate of drug-likeness (QED) is 0.217. The topological polar surface area (TPSA) is 0 Å². The lowest BCUT2D eigenvalue weighted by Gasteiger charge is -2.21. The summed E-state index contributed by atoms with van der Waals surface area (Å²) in [6.07, 6.45) is 16.4. The van der Waals surface area contributed by atoms with Crippen molar-refractivity contribution in [2.75, 3.05) is 0 Å². The zero-order valence-corrected chi connectivity index (χ0v) is 21.6. The van der Waals surface area contributed by atoms with Gasteiger partial charge in [-0.25, -0.2) is 0 Å². The minimum Gasteiger partial charge on any atom is -0.0654 e. The second kappa shape index (κ2) is 16.1. The van der Waals surface area contributed by atoms with Crippen LogP contribution in [0.25, 0.3) is 0 Å². The Morgan fingerprint density at radius 1 is 0.531 bits per heavy atom. The van der Waals surface area contributed by atoms with Crippen LogP contribution in [-0.4, -0.2) is 0 Å². The van der Waals surface area contributed by atoms with Crippen molar-refractivity contribution in [3.63, 3.8) is 0 Å². The Balaban J connectivity index is 1.63. The van der Waals surface area contributed by atoms with Crippen LogP contribution >= 0.6 is 0 Å². The fourth-order valence-corrected chi connectivity index (χ4v) is 5.52. The highest BCUT2D eigenvalue weighted by molar-refractivity contribution is 5.20. The summed E-state index contributed by atoms with van der Waals surface area (Å²) in [5.41, 5.74) is 3.09. The van der Waals surface area contributed by atoms with Crippen molar-refractivity contribution in [1.29, 1.82) is 0 Å². The minimum absolute atomic E-state index is 0.733. The molecule has 2 aromatic rings. The van der Waals surface area contributed by atoms with Gasteiger partial charge in [-0.2, -0.15) is 0 Å². The van der Waals surface area contributed by atoms with Gasteiger partial charge in [0.2, 0.25) is 0 Å². The fraction of sp³-hybridized carbons (Fsp3) is 0.625. The van der Waals surface area contributed by atoms with Gasteiger partial charge in [0, 0.05) is 0 Å². The van der Waals surface area contributed by atoms with Crippen LogP contribution in [0.3, 0.4) is 0 Å². The second-order valence-corrected chi connectivity index (χ2v) is 10.4. The van der Waals surface area contributed by atoms with Crippen molar-refractivity contribution in [3.8, 4) is 0 Å². The van der Waals surface area contributed by atoms with E-state index in [1.165, 1.54) is 82.6 Å². The normalized spacial score (nSPS) is 15.2. The molecule has 0 heteroatoms. The third-order valence-corrected chi connectivity index (χ3v) is 7.44. The zero-order chi connectivity index (χ0) is 23.0. The lowest BCUT2D eigenvalue weighted by molar-refractivity contribution is 0.400. The molecule has 0 saturated carbocycles. The number of benzene rings is 2. The Bertz CT molecular complexity index is 674. The highest BCUT2D eigenvalue weighted by Gasteiger charge is 2.15. The van der Waals surface area contributed by atoms with Crippen LogP contribution < -0.4 is 0 Å². The molecule has 0 nitrogen and oxygen atoms in total. The molecule has 0 aliphatic carbocycles. The molecule has 2 aromatic carbocycles. The molecule has 0 saturated heterocycles. The van der Waals surface area contributed by atoms with Crippen LogP contribution in [0.5, 0.6) is 0 Å². The Labute approximate surface area is 200 Å². The van der Waals surface area contributed by atoms with Crippen LogP contribution in [0.4, 0.5) is 0 Å². The van der Waals surface area contributed by atoms with Gasteiger partial charge in [0.05, 0.1) is 0 Å². The minimum atomic E-state index is 0.733. The Kier molecular flexibility index (Phi) is 13.4. The van der Waals surface area contributed by atoms with E-state index < -0.39 is 0 Å². The predicted molar refractivity (Wildman–Crippen MR) is 143 cm³/mol. The van der Waals surface area contributed by atoms with E-state index in [4.69, 9.17) is 0 Å². The Hall–Kier alpha value is -1.56. The molecule has 0 aromatic heterocycles. The van der Waals surface area contributed by atoms with Crippen LogP contribution in [0.15, 0.2) is 60.7 Å². The summed E-state index contributed by atoms with van der Waals surface area (Å²) in [5.74, 6) is 3.16. The zero-order valence-electron chi connectivity index (χ0n) is 21.6. The predicted octanol–water partition coefficient (Wildman–Crippen LogP) is 10.5. The number of unbranched alkanes of at least 4 members (excludes halogenated alkanes) is 4. The lowest BCUT2D eigenvalue weighted by atomic mass is 9.84. The lowest BCUT2D eigenvalue weighted by Crippen LogP contribution is -2.06. The third kappa shape index (κ3) is 10.4. The summed E-state index contributed by atoms with van der Waals surface area (Å²) in [6.45, 7) is 9.57. The first-order chi connectivity index (χ1) is 15.6. The van der Waals surface area contributed by atoms with Crippen molar-refractivity contribution in [2.45, 2.75) is 117 Å². The Morgan fingerprint density at radius 3 is 1.56 bits per heavy atom. The van der Waals surface area contributed by atoms with Gasteiger partial charge in [0.1, 0.15) is 0 Å². The molecule has 0 radical (unpaired) electrons. The van der Waals surface area contributed by atoms with Gasteiger partial charge < -0.3 is 0 Å². The maximum Gasteiger partial charge on any atom is -0.0159 e. The van der Waals surface area contributed by atoms with Gasteiger partial charge in [-0.05, 0) is 60.5 Å². The van der Waals surface area contributed by atoms with E-state index in [2.05, 4.69) is 88.4 Å². The smallest absolute Gasteiger partial charge is 0.0159 e.